The number of phenols is 1. The lowest BCUT2D eigenvalue weighted by Crippen LogP contribution is -2.14. The smallest absolute Gasteiger partial charge is 0.288 e. The third-order valence-electron chi connectivity index (χ3n) is 2.91. The van der Waals surface area contributed by atoms with E-state index in [-0.39, 0.29) is 21.4 Å². The number of benzene rings is 1. The predicted octanol–water partition coefficient (Wildman–Crippen LogP) is 3.62. The van der Waals surface area contributed by atoms with Gasteiger partial charge in [0.25, 0.3) is 10.0 Å². The standard InChI is InChI=1S/C13H14BrClN2O3S2/c1-7(2)11-12(15)17(3)13(21-11)16-22(19,20)10-6-8(14)4-5-9(10)18/h4-7,18H,1-3H3/b16-13-. The fraction of sp³-hybridized carbons (Fsp3) is 0.308. The zero-order valence-corrected chi connectivity index (χ0v) is 16.0. The van der Waals surface area contributed by atoms with Crippen LogP contribution < -0.4 is 4.80 Å². The maximum atomic E-state index is 12.4. The van der Waals surface area contributed by atoms with Crippen LogP contribution in [0.15, 0.2) is 32.0 Å². The first kappa shape index (κ1) is 17.5. The summed E-state index contributed by atoms with van der Waals surface area (Å²) in [6.07, 6.45) is 0. The highest BCUT2D eigenvalue weighted by Crippen LogP contribution is 2.29. The van der Waals surface area contributed by atoms with Crippen molar-refractivity contribution < 1.29 is 13.5 Å². The van der Waals surface area contributed by atoms with Gasteiger partial charge in [-0.05, 0) is 24.1 Å². The topological polar surface area (TPSA) is 71.7 Å². The van der Waals surface area contributed by atoms with Gasteiger partial charge in [0.2, 0.25) is 4.80 Å². The lowest BCUT2D eigenvalue weighted by atomic mass is 10.2. The molecule has 0 bridgehead atoms. The van der Waals surface area contributed by atoms with Crippen LogP contribution in [0.3, 0.4) is 0 Å². The Labute approximate surface area is 146 Å². The van der Waals surface area contributed by atoms with Gasteiger partial charge in [-0.25, -0.2) is 0 Å². The van der Waals surface area contributed by atoms with Gasteiger partial charge in [0.1, 0.15) is 15.8 Å². The Kier molecular flexibility index (Phi) is 5.06. The first-order chi connectivity index (χ1) is 10.1. The van der Waals surface area contributed by atoms with Crippen molar-refractivity contribution in [1.29, 1.82) is 0 Å². The summed E-state index contributed by atoms with van der Waals surface area (Å²) in [5.74, 6) is -0.184. The normalized spacial score (nSPS) is 13.1. The Morgan fingerprint density at radius 1 is 1.41 bits per heavy atom. The zero-order chi connectivity index (χ0) is 16.7. The fourth-order valence-corrected chi connectivity index (χ4v) is 5.08. The number of aromatic nitrogens is 1. The molecule has 1 heterocycles. The number of sulfonamides is 1. The molecule has 22 heavy (non-hydrogen) atoms. The molecule has 0 amide bonds. The quantitative estimate of drug-likeness (QED) is 0.816. The summed E-state index contributed by atoms with van der Waals surface area (Å²) in [7, 11) is -2.39. The SMILES string of the molecule is CC(C)c1s/c(=N\S(=O)(=O)c2cc(Br)ccc2O)n(C)c1Cl. The van der Waals surface area contributed by atoms with E-state index in [1.807, 2.05) is 13.8 Å². The van der Waals surface area contributed by atoms with E-state index in [9.17, 15) is 13.5 Å². The Hall–Kier alpha value is -0.830. The minimum atomic E-state index is -4.04. The molecule has 1 N–H and O–H groups in total. The maximum absolute atomic E-state index is 12.4. The molecule has 0 atom stereocenters. The van der Waals surface area contributed by atoms with Crippen LogP contribution >= 0.6 is 38.9 Å². The molecule has 0 saturated heterocycles. The molecule has 9 heteroatoms. The third-order valence-corrected chi connectivity index (χ3v) is 6.81. The van der Waals surface area contributed by atoms with Crippen LogP contribution in [0.4, 0.5) is 0 Å². The number of halogens is 2. The van der Waals surface area contributed by atoms with Crippen molar-refractivity contribution in [3.63, 3.8) is 0 Å². The summed E-state index contributed by atoms with van der Waals surface area (Å²) in [6.45, 7) is 3.94. The van der Waals surface area contributed by atoms with Crippen LogP contribution in [-0.2, 0) is 17.1 Å². The number of hydrogen-bond donors (Lipinski definition) is 1. The van der Waals surface area contributed by atoms with E-state index in [1.54, 1.807) is 13.1 Å². The monoisotopic (exact) mass is 424 g/mol. The first-order valence-corrected chi connectivity index (χ1v) is 9.71. The Morgan fingerprint density at radius 2 is 2.05 bits per heavy atom. The molecule has 0 saturated carbocycles. The molecular formula is C13H14BrClN2O3S2. The first-order valence-electron chi connectivity index (χ1n) is 6.28. The fourth-order valence-electron chi connectivity index (χ4n) is 1.74. The Bertz CT molecular complexity index is 885. The van der Waals surface area contributed by atoms with Crippen molar-refractivity contribution in [2.45, 2.75) is 24.7 Å². The molecular weight excluding hydrogens is 412 g/mol. The average Bonchev–Trinajstić information content (AvgIpc) is 2.69. The van der Waals surface area contributed by atoms with Gasteiger partial charge in [-0.3, -0.25) is 0 Å². The van der Waals surface area contributed by atoms with Crippen molar-refractivity contribution in [2.24, 2.45) is 11.4 Å². The number of phenolic OH excluding ortho intramolecular Hbond substituents is 1. The van der Waals surface area contributed by atoms with Crippen LogP contribution in [0, 0.1) is 0 Å². The van der Waals surface area contributed by atoms with Gasteiger partial charge in [-0.15, -0.1) is 4.40 Å². The van der Waals surface area contributed by atoms with Gasteiger partial charge in [0.05, 0.1) is 0 Å². The lowest BCUT2D eigenvalue weighted by Gasteiger charge is -2.02. The summed E-state index contributed by atoms with van der Waals surface area (Å²) in [4.78, 5) is 0.863. The zero-order valence-electron chi connectivity index (χ0n) is 12.0. The second kappa shape index (κ2) is 6.35. The van der Waals surface area contributed by atoms with Gasteiger partial charge in [0.15, 0.2) is 0 Å². The van der Waals surface area contributed by atoms with Gasteiger partial charge < -0.3 is 9.67 Å². The second-order valence-electron chi connectivity index (χ2n) is 4.93. The highest BCUT2D eigenvalue weighted by Gasteiger charge is 2.20. The van der Waals surface area contributed by atoms with E-state index < -0.39 is 10.0 Å². The molecule has 120 valence electrons. The summed E-state index contributed by atoms with van der Waals surface area (Å²) >= 11 is 10.6. The molecule has 0 aliphatic carbocycles. The van der Waals surface area contributed by atoms with Crippen LogP contribution in [0.25, 0.3) is 0 Å². The van der Waals surface area contributed by atoms with E-state index in [2.05, 4.69) is 20.3 Å². The minimum absolute atomic E-state index is 0.162. The van der Waals surface area contributed by atoms with Crippen LogP contribution in [0.1, 0.15) is 24.6 Å². The van der Waals surface area contributed by atoms with E-state index >= 15 is 0 Å². The predicted molar refractivity (Wildman–Crippen MR) is 90.9 cm³/mol. The van der Waals surface area contributed by atoms with Crippen molar-refractivity contribution in [3.05, 3.63) is 37.5 Å². The highest BCUT2D eigenvalue weighted by atomic mass is 79.9. The van der Waals surface area contributed by atoms with Gasteiger partial charge in [-0.1, -0.05) is 52.7 Å². The molecule has 0 radical (unpaired) electrons. The molecule has 2 aromatic rings. The molecule has 0 fully saturated rings. The highest BCUT2D eigenvalue weighted by molar-refractivity contribution is 9.10. The summed E-state index contributed by atoms with van der Waals surface area (Å²) in [5.41, 5.74) is 0. The summed E-state index contributed by atoms with van der Waals surface area (Å²) < 4.78 is 30.7. The van der Waals surface area contributed by atoms with Crippen molar-refractivity contribution in [2.75, 3.05) is 0 Å². The van der Waals surface area contributed by atoms with Gasteiger partial charge >= 0.3 is 0 Å². The van der Waals surface area contributed by atoms with Gasteiger partial charge in [0, 0.05) is 16.4 Å². The Balaban J connectivity index is 2.66. The van der Waals surface area contributed by atoms with Crippen molar-refractivity contribution in [3.8, 4) is 5.75 Å². The molecule has 0 aliphatic rings. The lowest BCUT2D eigenvalue weighted by molar-refractivity contribution is 0.458. The van der Waals surface area contributed by atoms with E-state index in [4.69, 9.17) is 11.6 Å². The molecule has 2 rings (SSSR count). The van der Waals surface area contributed by atoms with Crippen molar-refractivity contribution >= 4 is 48.9 Å². The number of nitrogens with zero attached hydrogens (tertiary/aromatic N) is 2. The molecule has 1 aromatic heterocycles. The number of hydrogen-bond acceptors (Lipinski definition) is 4. The molecule has 0 unspecified atom stereocenters. The Morgan fingerprint density at radius 3 is 2.59 bits per heavy atom. The van der Waals surface area contributed by atoms with Crippen molar-refractivity contribution in [1.82, 2.24) is 4.57 Å². The maximum Gasteiger partial charge on any atom is 0.288 e. The van der Waals surface area contributed by atoms with Crippen LogP contribution in [0.5, 0.6) is 5.75 Å². The molecule has 0 spiro atoms. The number of aromatic hydroxyl groups is 1. The van der Waals surface area contributed by atoms with E-state index in [0.29, 0.717) is 9.63 Å². The van der Waals surface area contributed by atoms with Gasteiger partial charge in [-0.2, -0.15) is 8.42 Å². The average molecular weight is 426 g/mol. The largest absolute Gasteiger partial charge is 0.507 e. The second-order valence-corrected chi connectivity index (χ2v) is 8.79. The van der Waals surface area contributed by atoms with Crippen LogP contribution in [0.2, 0.25) is 5.15 Å². The molecule has 0 aliphatic heterocycles. The molecule has 5 nitrogen and oxygen atoms in total. The van der Waals surface area contributed by atoms with E-state index in [1.165, 1.54) is 28.0 Å². The van der Waals surface area contributed by atoms with Crippen LogP contribution in [-0.4, -0.2) is 18.1 Å². The summed E-state index contributed by atoms with van der Waals surface area (Å²) in [6, 6.07) is 4.16. The van der Waals surface area contributed by atoms with E-state index in [0.717, 1.165) is 4.88 Å². The summed E-state index contributed by atoms with van der Waals surface area (Å²) in [5, 5.41) is 10.2. The third kappa shape index (κ3) is 3.40. The number of rotatable bonds is 3. The number of thiazole rings is 1. The minimum Gasteiger partial charge on any atom is -0.507 e. The molecule has 1 aromatic carbocycles.